The lowest BCUT2D eigenvalue weighted by molar-refractivity contribution is 1.15. The predicted molar refractivity (Wildman–Crippen MR) is 42.1 cm³/mol. The van der Waals surface area contributed by atoms with Gasteiger partial charge in [-0.3, -0.25) is 0 Å². The van der Waals surface area contributed by atoms with E-state index in [1.807, 2.05) is 34.9 Å². The molecule has 0 unspecified atom stereocenters. The summed E-state index contributed by atoms with van der Waals surface area (Å²) in [6.45, 7) is 0. The molecule has 2 heterocycles. The molecule has 0 fully saturated rings. The van der Waals surface area contributed by atoms with Crippen LogP contribution in [0.5, 0.6) is 0 Å². The van der Waals surface area contributed by atoms with Crippen molar-refractivity contribution in [3.05, 3.63) is 42.2 Å². The molecule has 0 bridgehead atoms. The minimum absolute atomic E-state index is 0.674. The van der Waals surface area contributed by atoms with Crippen molar-refractivity contribution in [2.24, 2.45) is 0 Å². The minimum atomic E-state index is 0.674. The molecule has 0 aromatic carbocycles. The van der Waals surface area contributed by atoms with Crippen LogP contribution in [-0.4, -0.2) is 4.40 Å². The molecule has 0 aliphatic heterocycles. The fourth-order valence-electron chi connectivity index (χ4n) is 1.16. The summed E-state index contributed by atoms with van der Waals surface area (Å²) in [6.07, 6.45) is 1.88. The van der Waals surface area contributed by atoms with Gasteiger partial charge in [-0.05, 0) is 24.3 Å². The molecule has 2 aromatic heterocycles. The highest BCUT2D eigenvalue weighted by Crippen LogP contribution is 2.06. The molecule has 0 atom stereocenters. The molecule has 0 saturated heterocycles. The summed E-state index contributed by atoms with van der Waals surface area (Å²) in [7, 11) is 0. The van der Waals surface area contributed by atoms with Crippen LogP contribution in [0.2, 0.25) is 0 Å². The van der Waals surface area contributed by atoms with Gasteiger partial charge in [0.1, 0.15) is 11.8 Å². The first-order chi connectivity index (χ1) is 5.42. The van der Waals surface area contributed by atoms with Crippen molar-refractivity contribution >= 4 is 5.52 Å². The highest BCUT2D eigenvalue weighted by atomic mass is 14.9. The van der Waals surface area contributed by atoms with Gasteiger partial charge in [0.2, 0.25) is 0 Å². The van der Waals surface area contributed by atoms with E-state index in [4.69, 9.17) is 5.26 Å². The van der Waals surface area contributed by atoms with Crippen molar-refractivity contribution in [3.8, 4) is 6.07 Å². The molecule has 2 aromatic rings. The van der Waals surface area contributed by atoms with Crippen LogP contribution in [0.25, 0.3) is 5.52 Å². The lowest BCUT2D eigenvalue weighted by Crippen LogP contribution is -1.87. The molecule has 0 aliphatic rings. The second kappa shape index (κ2) is 2.14. The monoisotopic (exact) mass is 142 g/mol. The Balaban J connectivity index is 2.92. The fourth-order valence-corrected chi connectivity index (χ4v) is 1.16. The first-order valence-corrected chi connectivity index (χ1v) is 3.38. The number of hydrogen-bond donors (Lipinski definition) is 0. The van der Waals surface area contributed by atoms with Gasteiger partial charge in [-0.15, -0.1) is 0 Å². The maximum absolute atomic E-state index is 8.68. The first kappa shape index (κ1) is 5.99. The fraction of sp³-hybridized carbons (Fsp3) is 0. The summed E-state index contributed by atoms with van der Waals surface area (Å²) in [4.78, 5) is 0. The van der Waals surface area contributed by atoms with Gasteiger partial charge in [0.05, 0.1) is 0 Å². The quantitative estimate of drug-likeness (QED) is 0.551. The van der Waals surface area contributed by atoms with E-state index in [1.54, 1.807) is 6.07 Å². The van der Waals surface area contributed by atoms with Crippen LogP contribution < -0.4 is 0 Å². The van der Waals surface area contributed by atoms with E-state index >= 15 is 0 Å². The van der Waals surface area contributed by atoms with Gasteiger partial charge in [-0.1, -0.05) is 6.07 Å². The topological polar surface area (TPSA) is 28.2 Å². The number of fused-ring (bicyclic) bond motifs is 1. The normalized spacial score (nSPS) is 9.73. The summed E-state index contributed by atoms with van der Waals surface area (Å²) in [6, 6.07) is 11.7. The van der Waals surface area contributed by atoms with Gasteiger partial charge in [-0.25, -0.2) is 0 Å². The zero-order chi connectivity index (χ0) is 7.68. The van der Waals surface area contributed by atoms with Crippen LogP contribution in [0.1, 0.15) is 5.69 Å². The van der Waals surface area contributed by atoms with E-state index in [2.05, 4.69) is 6.07 Å². The highest BCUT2D eigenvalue weighted by Gasteiger charge is 1.94. The van der Waals surface area contributed by atoms with E-state index in [1.165, 1.54) is 0 Å². The Labute approximate surface area is 64.3 Å². The molecule has 0 amide bonds. The van der Waals surface area contributed by atoms with Crippen molar-refractivity contribution in [2.45, 2.75) is 0 Å². The van der Waals surface area contributed by atoms with Crippen molar-refractivity contribution in [1.29, 1.82) is 5.26 Å². The minimum Gasteiger partial charge on any atom is -0.308 e. The third-order valence-electron chi connectivity index (χ3n) is 1.68. The Hall–Kier alpha value is -1.75. The maximum Gasteiger partial charge on any atom is 0.124 e. The molecule has 52 valence electrons. The molecule has 11 heavy (non-hydrogen) atoms. The summed E-state index contributed by atoms with van der Waals surface area (Å²) in [5.41, 5.74) is 1.73. The number of hydrogen-bond acceptors (Lipinski definition) is 1. The lowest BCUT2D eigenvalue weighted by Gasteiger charge is -1.94. The lowest BCUT2D eigenvalue weighted by atomic mass is 10.3. The molecule has 2 nitrogen and oxygen atoms in total. The Morgan fingerprint density at radius 1 is 1.18 bits per heavy atom. The molecular weight excluding hydrogens is 136 g/mol. The Morgan fingerprint density at radius 3 is 2.82 bits per heavy atom. The van der Waals surface area contributed by atoms with Gasteiger partial charge >= 0.3 is 0 Å². The van der Waals surface area contributed by atoms with Crippen LogP contribution in [0.15, 0.2) is 36.5 Å². The zero-order valence-electron chi connectivity index (χ0n) is 5.86. The molecular formula is C9H6N2. The van der Waals surface area contributed by atoms with E-state index < -0.39 is 0 Å². The van der Waals surface area contributed by atoms with Crippen LogP contribution in [-0.2, 0) is 0 Å². The van der Waals surface area contributed by atoms with Crippen molar-refractivity contribution in [2.75, 3.05) is 0 Å². The standard InChI is InChI=1S/C9H6N2/c10-7-9-4-1-3-8-5-2-6-11(8)9/h1-6H. The Bertz CT molecular complexity index is 420. The smallest absolute Gasteiger partial charge is 0.124 e. The van der Waals surface area contributed by atoms with Crippen LogP contribution in [0.3, 0.4) is 0 Å². The zero-order valence-corrected chi connectivity index (χ0v) is 5.86. The number of nitrogens with zero attached hydrogens (tertiary/aromatic N) is 2. The average molecular weight is 142 g/mol. The molecule has 0 saturated carbocycles. The van der Waals surface area contributed by atoms with E-state index in [0.29, 0.717) is 5.69 Å². The van der Waals surface area contributed by atoms with Gasteiger partial charge in [0, 0.05) is 11.7 Å². The van der Waals surface area contributed by atoms with Gasteiger partial charge in [-0.2, -0.15) is 5.26 Å². The Kier molecular flexibility index (Phi) is 1.16. The van der Waals surface area contributed by atoms with Crippen molar-refractivity contribution < 1.29 is 0 Å². The third kappa shape index (κ3) is 0.786. The first-order valence-electron chi connectivity index (χ1n) is 3.38. The maximum atomic E-state index is 8.68. The highest BCUT2D eigenvalue weighted by molar-refractivity contribution is 5.50. The molecule has 0 N–H and O–H groups in total. The largest absolute Gasteiger partial charge is 0.308 e. The third-order valence-corrected chi connectivity index (χ3v) is 1.68. The summed E-state index contributed by atoms with van der Waals surface area (Å²) < 4.78 is 1.86. The summed E-state index contributed by atoms with van der Waals surface area (Å²) in [5.74, 6) is 0. The second-order valence-electron chi connectivity index (χ2n) is 2.33. The summed E-state index contributed by atoms with van der Waals surface area (Å²) in [5, 5.41) is 8.68. The summed E-state index contributed by atoms with van der Waals surface area (Å²) >= 11 is 0. The molecule has 2 rings (SSSR count). The van der Waals surface area contributed by atoms with Crippen molar-refractivity contribution in [1.82, 2.24) is 4.40 Å². The molecule has 0 aliphatic carbocycles. The SMILES string of the molecule is N#Cc1cccc2cccn12. The predicted octanol–water partition coefficient (Wildman–Crippen LogP) is 1.81. The second-order valence-corrected chi connectivity index (χ2v) is 2.33. The van der Waals surface area contributed by atoms with Crippen LogP contribution in [0, 0.1) is 11.3 Å². The Morgan fingerprint density at radius 2 is 2.00 bits per heavy atom. The number of aromatic nitrogens is 1. The van der Waals surface area contributed by atoms with Gasteiger partial charge < -0.3 is 4.40 Å². The average Bonchev–Trinajstić information content (AvgIpc) is 2.50. The van der Waals surface area contributed by atoms with E-state index in [9.17, 15) is 0 Å². The van der Waals surface area contributed by atoms with E-state index in [-0.39, 0.29) is 0 Å². The number of nitriles is 1. The number of rotatable bonds is 0. The van der Waals surface area contributed by atoms with E-state index in [0.717, 1.165) is 5.52 Å². The molecule has 0 radical (unpaired) electrons. The molecule has 2 heteroatoms. The number of pyridine rings is 1. The molecule has 0 spiro atoms. The van der Waals surface area contributed by atoms with Crippen molar-refractivity contribution in [3.63, 3.8) is 0 Å². The van der Waals surface area contributed by atoms with Crippen LogP contribution in [0.4, 0.5) is 0 Å². The van der Waals surface area contributed by atoms with Gasteiger partial charge in [0.25, 0.3) is 0 Å². The van der Waals surface area contributed by atoms with Gasteiger partial charge in [0.15, 0.2) is 0 Å². The van der Waals surface area contributed by atoms with Crippen LogP contribution >= 0.6 is 0 Å².